The van der Waals surface area contributed by atoms with Crippen LogP contribution < -0.4 is 5.32 Å². The van der Waals surface area contributed by atoms with Crippen molar-refractivity contribution >= 4 is 0 Å². The van der Waals surface area contributed by atoms with Crippen molar-refractivity contribution in [1.29, 1.82) is 0 Å². The third-order valence-corrected chi connectivity index (χ3v) is 3.68. The minimum atomic E-state index is -0.157. The molecule has 0 aliphatic heterocycles. The molecule has 1 saturated carbocycles. The molecule has 1 heterocycles. The van der Waals surface area contributed by atoms with Gasteiger partial charge in [0.05, 0.1) is 6.10 Å². The van der Waals surface area contributed by atoms with Crippen molar-refractivity contribution in [2.75, 3.05) is 6.54 Å². The highest BCUT2D eigenvalue weighted by Gasteiger charge is 2.34. The van der Waals surface area contributed by atoms with E-state index in [1.807, 2.05) is 6.07 Å². The molecule has 1 aliphatic carbocycles. The number of aliphatic hydroxyl groups excluding tert-OH is 1. The molecular formula is C12H21N3O. The molecule has 2 rings (SSSR count). The summed E-state index contributed by atoms with van der Waals surface area (Å²) >= 11 is 0. The zero-order valence-corrected chi connectivity index (χ0v) is 9.87. The summed E-state index contributed by atoms with van der Waals surface area (Å²) in [6.07, 6.45) is 6.06. The topological polar surface area (TPSA) is 60.9 Å². The van der Waals surface area contributed by atoms with Crippen LogP contribution in [0.2, 0.25) is 0 Å². The summed E-state index contributed by atoms with van der Waals surface area (Å²) < 4.78 is 0. The summed E-state index contributed by atoms with van der Waals surface area (Å²) in [7, 11) is 0. The van der Waals surface area contributed by atoms with E-state index < -0.39 is 0 Å². The lowest BCUT2D eigenvalue weighted by atomic mass is 9.73. The van der Waals surface area contributed by atoms with Crippen molar-refractivity contribution in [2.45, 2.75) is 45.3 Å². The predicted octanol–water partition coefficient (Wildman–Crippen LogP) is 1.44. The van der Waals surface area contributed by atoms with E-state index in [-0.39, 0.29) is 11.5 Å². The Hall–Kier alpha value is -0.870. The highest BCUT2D eigenvalue weighted by atomic mass is 16.3. The largest absolute Gasteiger partial charge is 0.393 e. The smallest absolute Gasteiger partial charge is 0.0605 e. The highest BCUT2D eigenvalue weighted by Crippen LogP contribution is 2.35. The Kier molecular flexibility index (Phi) is 3.61. The number of rotatable bonds is 4. The Labute approximate surface area is 96.5 Å². The molecule has 0 bridgehead atoms. The van der Waals surface area contributed by atoms with Crippen LogP contribution in [0.15, 0.2) is 12.3 Å². The number of aliphatic hydroxyl groups is 1. The molecule has 1 aromatic heterocycles. The highest BCUT2D eigenvalue weighted by molar-refractivity contribution is 4.97. The molecular weight excluding hydrogens is 202 g/mol. The molecule has 3 N–H and O–H groups in total. The van der Waals surface area contributed by atoms with Gasteiger partial charge in [-0.05, 0) is 18.9 Å². The van der Waals surface area contributed by atoms with Crippen molar-refractivity contribution in [2.24, 2.45) is 5.41 Å². The van der Waals surface area contributed by atoms with E-state index in [1.165, 1.54) is 6.42 Å². The van der Waals surface area contributed by atoms with Gasteiger partial charge in [0.15, 0.2) is 0 Å². The van der Waals surface area contributed by atoms with Crippen LogP contribution in [0, 0.1) is 5.41 Å². The van der Waals surface area contributed by atoms with E-state index in [4.69, 9.17) is 0 Å². The lowest BCUT2D eigenvalue weighted by molar-refractivity contribution is 0.00111. The van der Waals surface area contributed by atoms with Crippen LogP contribution in [0.1, 0.15) is 38.3 Å². The molecule has 4 heteroatoms. The molecule has 0 amide bonds. The summed E-state index contributed by atoms with van der Waals surface area (Å²) in [5, 5.41) is 20.3. The average molecular weight is 223 g/mol. The first-order valence-corrected chi connectivity index (χ1v) is 6.08. The van der Waals surface area contributed by atoms with Crippen LogP contribution in [0.5, 0.6) is 0 Å². The Morgan fingerprint density at radius 1 is 1.62 bits per heavy atom. The Balaban J connectivity index is 1.79. The maximum absolute atomic E-state index is 10.0. The lowest BCUT2D eigenvalue weighted by Crippen LogP contribution is -2.43. The van der Waals surface area contributed by atoms with Gasteiger partial charge in [0.1, 0.15) is 0 Å². The summed E-state index contributed by atoms with van der Waals surface area (Å²) in [5.41, 5.74) is 1.13. The molecule has 4 nitrogen and oxygen atoms in total. The van der Waals surface area contributed by atoms with E-state index in [0.29, 0.717) is 0 Å². The fourth-order valence-corrected chi connectivity index (χ4v) is 2.45. The number of nitrogens with one attached hydrogen (secondary N) is 2. The van der Waals surface area contributed by atoms with Gasteiger partial charge in [-0.1, -0.05) is 19.8 Å². The van der Waals surface area contributed by atoms with Crippen LogP contribution in [0.25, 0.3) is 0 Å². The molecule has 2 atom stereocenters. The minimum absolute atomic E-state index is 0.0400. The Bertz CT molecular complexity index is 312. The molecule has 0 radical (unpaired) electrons. The standard InChI is InChI=1S/C12H21N3O/c1-12(6-3-2-4-11(12)16)9-13-8-10-5-7-14-15-10/h5,7,11,13,16H,2-4,6,8-9H2,1H3,(H,14,15). The first kappa shape index (κ1) is 11.6. The molecule has 0 aromatic carbocycles. The maximum atomic E-state index is 10.0. The summed E-state index contributed by atoms with van der Waals surface area (Å²) in [4.78, 5) is 0. The molecule has 1 aliphatic rings. The van der Waals surface area contributed by atoms with Crippen LogP contribution in [0.3, 0.4) is 0 Å². The van der Waals surface area contributed by atoms with Crippen molar-refractivity contribution in [1.82, 2.24) is 15.5 Å². The lowest BCUT2D eigenvalue weighted by Gasteiger charge is -2.38. The van der Waals surface area contributed by atoms with Gasteiger partial charge in [0.25, 0.3) is 0 Å². The third kappa shape index (κ3) is 2.62. The fourth-order valence-electron chi connectivity index (χ4n) is 2.45. The van der Waals surface area contributed by atoms with Crippen molar-refractivity contribution in [3.05, 3.63) is 18.0 Å². The van der Waals surface area contributed by atoms with E-state index in [0.717, 1.165) is 38.0 Å². The maximum Gasteiger partial charge on any atom is 0.0605 e. The Morgan fingerprint density at radius 2 is 2.50 bits per heavy atom. The molecule has 90 valence electrons. The van der Waals surface area contributed by atoms with Gasteiger partial charge in [-0.25, -0.2) is 0 Å². The van der Waals surface area contributed by atoms with Gasteiger partial charge in [-0.2, -0.15) is 5.10 Å². The molecule has 1 aromatic rings. The third-order valence-electron chi connectivity index (χ3n) is 3.68. The zero-order chi connectivity index (χ0) is 11.4. The van der Waals surface area contributed by atoms with E-state index in [9.17, 15) is 5.11 Å². The predicted molar refractivity (Wildman–Crippen MR) is 62.9 cm³/mol. The number of hydrogen-bond acceptors (Lipinski definition) is 3. The number of nitrogens with zero attached hydrogens (tertiary/aromatic N) is 1. The zero-order valence-electron chi connectivity index (χ0n) is 9.87. The van der Waals surface area contributed by atoms with Crippen LogP contribution in [-0.2, 0) is 6.54 Å². The Morgan fingerprint density at radius 3 is 3.19 bits per heavy atom. The normalized spacial score (nSPS) is 30.5. The minimum Gasteiger partial charge on any atom is -0.393 e. The molecule has 16 heavy (non-hydrogen) atoms. The van der Waals surface area contributed by atoms with Gasteiger partial charge >= 0.3 is 0 Å². The monoisotopic (exact) mass is 223 g/mol. The first-order chi connectivity index (χ1) is 7.71. The van der Waals surface area contributed by atoms with Gasteiger partial charge in [-0.3, -0.25) is 5.10 Å². The molecule has 0 saturated heterocycles. The van der Waals surface area contributed by atoms with E-state index in [2.05, 4.69) is 22.4 Å². The van der Waals surface area contributed by atoms with Crippen molar-refractivity contribution in [3.63, 3.8) is 0 Å². The van der Waals surface area contributed by atoms with Crippen LogP contribution >= 0.6 is 0 Å². The molecule has 1 fully saturated rings. The van der Waals surface area contributed by atoms with E-state index >= 15 is 0 Å². The molecule has 2 unspecified atom stereocenters. The summed E-state index contributed by atoms with van der Waals surface area (Å²) in [5.74, 6) is 0. The van der Waals surface area contributed by atoms with Gasteiger partial charge in [-0.15, -0.1) is 0 Å². The van der Waals surface area contributed by atoms with E-state index in [1.54, 1.807) is 6.20 Å². The average Bonchev–Trinajstić information content (AvgIpc) is 2.76. The number of H-pyrrole nitrogens is 1. The van der Waals surface area contributed by atoms with Gasteiger partial charge < -0.3 is 10.4 Å². The van der Waals surface area contributed by atoms with Gasteiger partial charge in [0.2, 0.25) is 0 Å². The summed E-state index contributed by atoms with van der Waals surface area (Å²) in [6, 6.07) is 1.96. The molecule has 0 spiro atoms. The van der Waals surface area contributed by atoms with Crippen LogP contribution in [0.4, 0.5) is 0 Å². The quantitative estimate of drug-likeness (QED) is 0.724. The van der Waals surface area contributed by atoms with Gasteiger partial charge in [0, 0.05) is 30.4 Å². The summed E-state index contributed by atoms with van der Waals surface area (Å²) in [6.45, 7) is 3.84. The van der Waals surface area contributed by atoms with Crippen molar-refractivity contribution in [3.8, 4) is 0 Å². The second-order valence-electron chi connectivity index (χ2n) is 5.10. The fraction of sp³-hybridized carbons (Fsp3) is 0.750. The number of aromatic amines is 1. The van der Waals surface area contributed by atoms with Crippen molar-refractivity contribution < 1.29 is 5.11 Å². The first-order valence-electron chi connectivity index (χ1n) is 6.08. The SMILES string of the molecule is CC1(CNCc2ccn[nH]2)CCCCC1O. The second-order valence-corrected chi connectivity index (χ2v) is 5.10. The number of aromatic nitrogens is 2. The van der Waals surface area contributed by atoms with Crippen LogP contribution in [-0.4, -0.2) is 28.0 Å². The second kappa shape index (κ2) is 4.97. The number of hydrogen-bond donors (Lipinski definition) is 3.